The highest BCUT2D eigenvalue weighted by Gasteiger charge is 2.23. The number of carbonyl (C=O) groups is 1. The van der Waals surface area contributed by atoms with Gasteiger partial charge in [-0.1, -0.05) is 24.8 Å². The van der Waals surface area contributed by atoms with E-state index in [1.54, 1.807) is 11.0 Å². The quantitative estimate of drug-likeness (QED) is 0.663. The molecule has 1 fully saturated rings. The Morgan fingerprint density at radius 1 is 1.14 bits per heavy atom. The van der Waals surface area contributed by atoms with Gasteiger partial charge in [0.05, 0.1) is 4.90 Å². The number of piperidine rings is 1. The van der Waals surface area contributed by atoms with Crippen LogP contribution in [0.2, 0.25) is 0 Å². The molecule has 1 aliphatic heterocycles. The number of nitrogens with one attached hydrogen (secondary N) is 1. The smallest absolute Gasteiger partial charge is 0.288 e. The third kappa shape index (κ3) is 5.70. The summed E-state index contributed by atoms with van der Waals surface area (Å²) in [6.07, 6.45) is 1.87. The summed E-state index contributed by atoms with van der Waals surface area (Å²) in [7, 11) is -3.92. The van der Waals surface area contributed by atoms with Gasteiger partial charge in [-0.3, -0.25) is 9.52 Å². The Kier molecular flexibility index (Phi) is 6.79. The predicted octanol–water partition coefficient (Wildman–Crippen LogP) is 4.67. The number of hydrogen-bond acceptors (Lipinski definition) is 4. The second-order valence-corrected chi connectivity index (χ2v) is 9.76. The first-order chi connectivity index (χ1) is 13.7. The van der Waals surface area contributed by atoms with Gasteiger partial charge >= 0.3 is 0 Å². The third-order valence-electron chi connectivity index (χ3n) is 4.79. The maximum absolute atomic E-state index is 12.7. The largest absolute Gasteiger partial charge is 0.339 e. The number of likely N-dealkylation sites (tertiary alicyclic amines) is 1. The van der Waals surface area contributed by atoms with Gasteiger partial charge in [-0.2, -0.15) is 8.78 Å². The van der Waals surface area contributed by atoms with Crippen molar-refractivity contribution >= 4 is 33.4 Å². The Balaban J connectivity index is 1.74. The SMILES string of the molecule is CC1CCN(C(=O)c2cccc(S(=O)(=O)Nc3ccc(SC(F)F)cc3)c2)CC1. The number of alkyl halides is 2. The molecule has 1 amide bonds. The van der Waals surface area contributed by atoms with Crippen molar-refractivity contribution in [2.45, 2.75) is 35.3 Å². The molecule has 0 spiro atoms. The van der Waals surface area contributed by atoms with Crippen molar-refractivity contribution in [3.05, 3.63) is 54.1 Å². The molecule has 2 aromatic rings. The first kappa shape index (κ1) is 21.6. The normalized spacial score (nSPS) is 15.5. The molecule has 5 nitrogen and oxygen atoms in total. The van der Waals surface area contributed by atoms with Crippen LogP contribution in [0.15, 0.2) is 58.3 Å². The van der Waals surface area contributed by atoms with Crippen LogP contribution in [-0.4, -0.2) is 38.1 Å². The Morgan fingerprint density at radius 3 is 2.41 bits per heavy atom. The van der Waals surface area contributed by atoms with Crippen LogP contribution < -0.4 is 4.72 Å². The maximum atomic E-state index is 12.7. The monoisotopic (exact) mass is 440 g/mol. The van der Waals surface area contributed by atoms with E-state index in [9.17, 15) is 22.0 Å². The van der Waals surface area contributed by atoms with Gasteiger partial charge in [0.25, 0.3) is 21.7 Å². The molecule has 0 radical (unpaired) electrons. The zero-order chi connectivity index (χ0) is 21.0. The van der Waals surface area contributed by atoms with Gasteiger partial charge in [0, 0.05) is 29.2 Å². The third-order valence-corrected chi connectivity index (χ3v) is 6.90. The first-order valence-electron chi connectivity index (χ1n) is 9.21. The Morgan fingerprint density at radius 2 is 1.79 bits per heavy atom. The zero-order valence-corrected chi connectivity index (χ0v) is 17.5. The molecule has 0 unspecified atom stereocenters. The second kappa shape index (κ2) is 9.13. The zero-order valence-electron chi connectivity index (χ0n) is 15.8. The fraction of sp³-hybridized carbons (Fsp3) is 0.350. The molecule has 2 aromatic carbocycles. The van der Waals surface area contributed by atoms with E-state index >= 15 is 0 Å². The van der Waals surface area contributed by atoms with Gasteiger partial charge in [0.1, 0.15) is 0 Å². The van der Waals surface area contributed by atoms with E-state index in [1.165, 1.54) is 42.5 Å². The van der Waals surface area contributed by atoms with Gasteiger partial charge < -0.3 is 4.90 Å². The molecule has 0 saturated carbocycles. The summed E-state index contributed by atoms with van der Waals surface area (Å²) < 4.78 is 52.6. The van der Waals surface area contributed by atoms with Crippen molar-refractivity contribution in [2.24, 2.45) is 5.92 Å². The lowest BCUT2D eigenvalue weighted by Crippen LogP contribution is -2.37. The van der Waals surface area contributed by atoms with E-state index in [1.807, 2.05) is 0 Å². The van der Waals surface area contributed by atoms with Gasteiger partial charge in [-0.15, -0.1) is 0 Å². The first-order valence-corrected chi connectivity index (χ1v) is 11.6. The minimum atomic E-state index is -3.92. The fourth-order valence-corrected chi connectivity index (χ4v) is 4.71. The lowest BCUT2D eigenvalue weighted by molar-refractivity contribution is 0.0697. The Labute approximate surface area is 173 Å². The highest BCUT2D eigenvalue weighted by Crippen LogP contribution is 2.27. The topological polar surface area (TPSA) is 66.5 Å². The Hall–Kier alpha value is -2.13. The summed E-state index contributed by atoms with van der Waals surface area (Å²) in [6, 6.07) is 11.6. The standard InChI is InChI=1S/C20H22F2N2O3S2/c1-14-9-11-24(12-10-14)19(25)15-3-2-4-18(13-15)29(26,27)23-16-5-7-17(8-6-16)28-20(21)22/h2-8,13-14,20,23H,9-12H2,1H3. The number of amides is 1. The van der Waals surface area contributed by atoms with E-state index in [4.69, 9.17) is 0 Å². The molecule has 1 saturated heterocycles. The molecule has 0 bridgehead atoms. The van der Waals surface area contributed by atoms with Crippen molar-refractivity contribution in [3.8, 4) is 0 Å². The van der Waals surface area contributed by atoms with E-state index in [2.05, 4.69) is 11.6 Å². The molecule has 1 heterocycles. The fourth-order valence-electron chi connectivity index (χ4n) is 3.11. The number of carbonyl (C=O) groups excluding carboxylic acids is 1. The van der Waals surface area contributed by atoms with E-state index in [0.717, 1.165) is 12.8 Å². The number of hydrogen-bond donors (Lipinski definition) is 1. The average Bonchev–Trinajstić information content (AvgIpc) is 2.69. The summed E-state index contributed by atoms with van der Waals surface area (Å²) in [4.78, 5) is 14.8. The lowest BCUT2D eigenvalue weighted by atomic mass is 9.98. The summed E-state index contributed by atoms with van der Waals surface area (Å²) in [6.45, 7) is 3.48. The van der Waals surface area contributed by atoms with Crippen molar-refractivity contribution in [1.82, 2.24) is 4.90 Å². The van der Waals surface area contributed by atoms with Gasteiger partial charge in [-0.05, 0) is 61.2 Å². The molecule has 0 atom stereocenters. The van der Waals surface area contributed by atoms with Gasteiger partial charge in [0.2, 0.25) is 0 Å². The Bertz CT molecular complexity index is 958. The average molecular weight is 441 g/mol. The van der Waals surface area contributed by atoms with Crippen molar-refractivity contribution < 1.29 is 22.0 Å². The molecule has 9 heteroatoms. The number of halogens is 2. The molecule has 29 heavy (non-hydrogen) atoms. The highest BCUT2D eigenvalue weighted by atomic mass is 32.2. The lowest BCUT2D eigenvalue weighted by Gasteiger charge is -2.30. The molecule has 1 N–H and O–H groups in total. The van der Waals surface area contributed by atoms with Crippen molar-refractivity contribution in [2.75, 3.05) is 17.8 Å². The van der Waals surface area contributed by atoms with Crippen LogP contribution >= 0.6 is 11.8 Å². The number of thioether (sulfide) groups is 1. The molecule has 156 valence electrons. The van der Waals surface area contributed by atoms with Gasteiger partial charge in [-0.25, -0.2) is 8.42 Å². The molecule has 0 aromatic heterocycles. The predicted molar refractivity (Wildman–Crippen MR) is 110 cm³/mol. The van der Waals surface area contributed by atoms with Crippen LogP contribution in [0.5, 0.6) is 0 Å². The van der Waals surface area contributed by atoms with E-state index in [-0.39, 0.29) is 16.5 Å². The molecular formula is C20H22F2N2O3S2. The van der Waals surface area contributed by atoms with E-state index < -0.39 is 15.8 Å². The van der Waals surface area contributed by atoms with Crippen LogP contribution in [0.1, 0.15) is 30.1 Å². The summed E-state index contributed by atoms with van der Waals surface area (Å²) >= 11 is 0.388. The van der Waals surface area contributed by atoms with Crippen molar-refractivity contribution in [1.29, 1.82) is 0 Å². The summed E-state index contributed by atoms with van der Waals surface area (Å²) in [5.74, 6) is -2.14. The highest BCUT2D eigenvalue weighted by molar-refractivity contribution is 7.99. The van der Waals surface area contributed by atoms with Crippen LogP contribution in [0.3, 0.4) is 0 Å². The van der Waals surface area contributed by atoms with Crippen LogP contribution in [0, 0.1) is 5.92 Å². The van der Waals surface area contributed by atoms with Gasteiger partial charge in [0.15, 0.2) is 0 Å². The number of sulfonamides is 1. The molecule has 0 aliphatic carbocycles. The molecular weight excluding hydrogens is 418 g/mol. The molecule has 1 aliphatic rings. The van der Waals surface area contributed by atoms with Crippen LogP contribution in [0.25, 0.3) is 0 Å². The van der Waals surface area contributed by atoms with Crippen LogP contribution in [-0.2, 0) is 10.0 Å². The summed E-state index contributed by atoms with van der Waals surface area (Å²) in [5.41, 5.74) is 0.580. The molecule has 3 rings (SSSR count). The number of anilines is 1. The van der Waals surface area contributed by atoms with E-state index in [0.29, 0.717) is 41.2 Å². The van der Waals surface area contributed by atoms with Crippen LogP contribution in [0.4, 0.5) is 14.5 Å². The number of nitrogens with zero attached hydrogens (tertiary/aromatic N) is 1. The summed E-state index contributed by atoms with van der Waals surface area (Å²) in [5, 5.41) is 0. The maximum Gasteiger partial charge on any atom is 0.288 e. The minimum Gasteiger partial charge on any atom is -0.339 e. The number of rotatable bonds is 6. The number of benzene rings is 2. The minimum absolute atomic E-state index is 0.0280. The van der Waals surface area contributed by atoms with Crippen molar-refractivity contribution in [3.63, 3.8) is 0 Å². The second-order valence-electron chi connectivity index (χ2n) is 7.01.